The number of carbonyl (C=O) groups excluding carboxylic acids is 1. The van der Waals surface area contributed by atoms with E-state index in [0.717, 1.165) is 32.1 Å². The van der Waals surface area contributed by atoms with Crippen LogP contribution in [0.4, 0.5) is 0 Å². The van der Waals surface area contributed by atoms with Gasteiger partial charge < -0.3 is 9.84 Å². The fourth-order valence-electron chi connectivity index (χ4n) is 5.98. The molecule has 1 N–H and O–H groups in total. The van der Waals surface area contributed by atoms with Crippen LogP contribution in [0.15, 0.2) is 0 Å². The van der Waals surface area contributed by atoms with Gasteiger partial charge in [-0.1, -0.05) is 20.8 Å². The standard InChI is InChI=1S/C19H32O3/c1-16(2,3)11-17(4,5)15(20)22-19-9-13-6-14(10-19)8-18(21,7-13)12-19/h13-14,21H,6-12H2,1-5H3. The number of aliphatic hydroxyl groups is 1. The molecule has 0 spiro atoms. The fourth-order valence-corrected chi connectivity index (χ4v) is 5.98. The van der Waals surface area contributed by atoms with Gasteiger partial charge in [0.25, 0.3) is 0 Å². The zero-order valence-electron chi connectivity index (χ0n) is 14.9. The molecule has 126 valence electrons. The van der Waals surface area contributed by atoms with Crippen LogP contribution in [0, 0.1) is 22.7 Å². The van der Waals surface area contributed by atoms with Crippen LogP contribution in [0.1, 0.15) is 79.6 Å². The summed E-state index contributed by atoms with van der Waals surface area (Å²) >= 11 is 0. The Hall–Kier alpha value is -0.570. The maximum absolute atomic E-state index is 12.8. The van der Waals surface area contributed by atoms with Crippen molar-refractivity contribution in [2.45, 2.75) is 90.8 Å². The highest BCUT2D eigenvalue weighted by molar-refractivity contribution is 5.76. The summed E-state index contributed by atoms with van der Waals surface area (Å²) in [4.78, 5) is 12.8. The number of esters is 1. The van der Waals surface area contributed by atoms with Crippen molar-refractivity contribution in [3.8, 4) is 0 Å². The monoisotopic (exact) mass is 308 g/mol. The second-order valence-corrected chi connectivity index (χ2v) is 10.4. The van der Waals surface area contributed by atoms with Gasteiger partial charge >= 0.3 is 5.97 Å². The highest BCUT2D eigenvalue weighted by atomic mass is 16.6. The Labute approximate surface area is 134 Å². The molecule has 0 saturated heterocycles. The fraction of sp³-hybridized carbons (Fsp3) is 0.947. The van der Waals surface area contributed by atoms with E-state index in [1.165, 1.54) is 6.42 Å². The van der Waals surface area contributed by atoms with E-state index in [-0.39, 0.29) is 17.0 Å². The van der Waals surface area contributed by atoms with E-state index in [2.05, 4.69) is 20.8 Å². The van der Waals surface area contributed by atoms with Crippen molar-refractivity contribution in [3.63, 3.8) is 0 Å². The molecule has 0 aromatic heterocycles. The lowest BCUT2D eigenvalue weighted by Crippen LogP contribution is -2.61. The minimum absolute atomic E-state index is 0.0759. The normalized spacial score (nSPS) is 40.8. The minimum Gasteiger partial charge on any atom is -0.459 e. The molecule has 0 amide bonds. The molecule has 22 heavy (non-hydrogen) atoms. The molecule has 0 heterocycles. The first-order chi connectivity index (χ1) is 9.91. The van der Waals surface area contributed by atoms with Gasteiger partial charge in [-0.2, -0.15) is 0 Å². The van der Waals surface area contributed by atoms with E-state index < -0.39 is 11.0 Å². The molecule has 4 rings (SSSR count). The van der Waals surface area contributed by atoms with E-state index in [9.17, 15) is 9.90 Å². The Morgan fingerprint density at radius 3 is 2.09 bits per heavy atom. The molecule has 2 atom stereocenters. The van der Waals surface area contributed by atoms with Gasteiger partial charge in [0.1, 0.15) is 5.60 Å². The largest absolute Gasteiger partial charge is 0.459 e. The van der Waals surface area contributed by atoms with Crippen LogP contribution in [0.5, 0.6) is 0 Å². The second kappa shape index (κ2) is 4.72. The first kappa shape index (κ1) is 16.3. The van der Waals surface area contributed by atoms with E-state index in [0.29, 0.717) is 18.3 Å². The summed E-state index contributed by atoms with van der Waals surface area (Å²) < 4.78 is 6.13. The molecule has 4 fully saturated rings. The number of hydrogen-bond acceptors (Lipinski definition) is 3. The molecular formula is C19H32O3. The number of ether oxygens (including phenoxy) is 1. The zero-order valence-corrected chi connectivity index (χ0v) is 14.9. The maximum atomic E-state index is 12.8. The van der Waals surface area contributed by atoms with Gasteiger partial charge in [-0.05, 0) is 69.6 Å². The number of rotatable bonds is 3. The quantitative estimate of drug-likeness (QED) is 0.799. The maximum Gasteiger partial charge on any atom is 0.312 e. The van der Waals surface area contributed by atoms with Crippen molar-refractivity contribution in [1.29, 1.82) is 0 Å². The lowest BCUT2D eigenvalue weighted by molar-refractivity contribution is -0.226. The summed E-state index contributed by atoms with van der Waals surface area (Å²) in [6, 6.07) is 0. The third-order valence-corrected chi connectivity index (χ3v) is 5.81. The Kier molecular flexibility index (Phi) is 3.49. The molecular weight excluding hydrogens is 276 g/mol. The minimum atomic E-state index is -0.571. The number of carbonyl (C=O) groups is 1. The van der Waals surface area contributed by atoms with Gasteiger partial charge in [-0.15, -0.1) is 0 Å². The van der Waals surface area contributed by atoms with Crippen molar-refractivity contribution in [2.24, 2.45) is 22.7 Å². The highest BCUT2D eigenvalue weighted by Crippen LogP contribution is 2.59. The average molecular weight is 308 g/mol. The molecule has 4 aliphatic carbocycles. The predicted molar refractivity (Wildman–Crippen MR) is 86.3 cm³/mol. The molecule has 4 saturated carbocycles. The Balaban J connectivity index is 1.74. The van der Waals surface area contributed by atoms with E-state index in [1.54, 1.807) is 0 Å². The average Bonchev–Trinajstić information content (AvgIpc) is 2.20. The van der Waals surface area contributed by atoms with Crippen LogP contribution >= 0.6 is 0 Å². The molecule has 0 radical (unpaired) electrons. The van der Waals surface area contributed by atoms with Gasteiger partial charge in [-0.25, -0.2) is 0 Å². The molecule has 0 aliphatic heterocycles. The van der Waals surface area contributed by atoms with Crippen LogP contribution in [0.25, 0.3) is 0 Å². The molecule has 4 bridgehead atoms. The van der Waals surface area contributed by atoms with Crippen LogP contribution in [-0.4, -0.2) is 22.3 Å². The van der Waals surface area contributed by atoms with E-state index in [1.807, 2.05) is 13.8 Å². The summed E-state index contributed by atoms with van der Waals surface area (Å²) in [5.41, 5.74) is -1.32. The van der Waals surface area contributed by atoms with Crippen LogP contribution in [0.2, 0.25) is 0 Å². The zero-order chi connectivity index (χ0) is 16.4. The van der Waals surface area contributed by atoms with E-state index >= 15 is 0 Å². The van der Waals surface area contributed by atoms with Crippen molar-refractivity contribution in [2.75, 3.05) is 0 Å². The first-order valence-corrected chi connectivity index (χ1v) is 8.86. The number of hydrogen-bond donors (Lipinski definition) is 1. The molecule has 3 heteroatoms. The van der Waals surface area contributed by atoms with Crippen molar-refractivity contribution < 1.29 is 14.6 Å². The highest BCUT2D eigenvalue weighted by Gasteiger charge is 2.59. The van der Waals surface area contributed by atoms with Crippen molar-refractivity contribution in [1.82, 2.24) is 0 Å². The third kappa shape index (κ3) is 3.06. The van der Waals surface area contributed by atoms with Gasteiger partial charge in [0, 0.05) is 6.42 Å². The van der Waals surface area contributed by atoms with Gasteiger partial charge in [-0.3, -0.25) is 4.79 Å². The molecule has 0 aromatic carbocycles. The molecule has 0 aromatic rings. The molecule has 4 aliphatic rings. The third-order valence-electron chi connectivity index (χ3n) is 5.81. The Bertz CT molecular complexity index is 458. The Morgan fingerprint density at radius 2 is 1.64 bits per heavy atom. The van der Waals surface area contributed by atoms with Gasteiger partial charge in [0.2, 0.25) is 0 Å². The van der Waals surface area contributed by atoms with Crippen molar-refractivity contribution in [3.05, 3.63) is 0 Å². The summed E-state index contributed by atoms with van der Waals surface area (Å²) in [5, 5.41) is 10.8. The summed E-state index contributed by atoms with van der Waals surface area (Å²) in [6.07, 6.45) is 6.43. The molecule has 2 unspecified atom stereocenters. The van der Waals surface area contributed by atoms with Gasteiger partial charge in [0.15, 0.2) is 0 Å². The lowest BCUT2D eigenvalue weighted by atomic mass is 9.52. The summed E-state index contributed by atoms with van der Waals surface area (Å²) in [5.74, 6) is 1.02. The van der Waals surface area contributed by atoms with Crippen molar-refractivity contribution >= 4 is 5.97 Å². The SMILES string of the molecule is CC(C)(C)CC(C)(C)C(=O)OC12CC3CC(CC(O)(C3)C1)C2. The summed E-state index contributed by atoms with van der Waals surface area (Å²) in [7, 11) is 0. The smallest absolute Gasteiger partial charge is 0.312 e. The van der Waals surface area contributed by atoms with Gasteiger partial charge in [0.05, 0.1) is 11.0 Å². The molecule has 3 nitrogen and oxygen atoms in total. The first-order valence-electron chi connectivity index (χ1n) is 8.86. The predicted octanol–water partition coefficient (Wildman–Crippen LogP) is 4.08. The lowest BCUT2D eigenvalue weighted by Gasteiger charge is -2.59. The summed E-state index contributed by atoms with van der Waals surface area (Å²) in [6.45, 7) is 10.5. The second-order valence-electron chi connectivity index (χ2n) is 10.4. The topological polar surface area (TPSA) is 46.5 Å². The van der Waals surface area contributed by atoms with Crippen LogP contribution in [-0.2, 0) is 9.53 Å². The van der Waals surface area contributed by atoms with Crippen LogP contribution in [0.3, 0.4) is 0 Å². The van der Waals surface area contributed by atoms with Crippen LogP contribution < -0.4 is 0 Å². The Morgan fingerprint density at radius 1 is 1.09 bits per heavy atom. The van der Waals surface area contributed by atoms with E-state index in [4.69, 9.17) is 4.74 Å².